The number of halogens is 1. The Morgan fingerprint density at radius 1 is 1.00 bits per heavy atom. The van der Waals surface area contributed by atoms with Crippen LogP contribution in [0.5, 0.6) is 0 Å². The van der Waals surface area contributed by atoms with Crippen molar-refractivity contribution in [1.29, 1.82) is 0 Å². The van der Waals surface area contributed by atoms with Crippen molar-refractivity contribution in [3.8, 4) is 11.5 Å². The van der Waals surface area contributed by atoms with Crippen molar-refractivity contribution in [2.24, 2.45) is 4.99 Å². The molecule has 6 nitrogen and oxygen atoms in total. The minimum Gasteiger partial charge on any atom is -0.444 e. The van der Waals surface area contributed by atoms with Gasteiger partial charge in [-0.25, -0.2) is 9.98 Å². The van der Waals surface area contributed by atoms with Crippen LogP contribution in [0.25, 0.3) is 11.5 Å². The number of benzene rings is 2. The van der Waals surface area contributed by atoms with Crippen LogP contribution in [0, 0.1) is 0 Å². The fraction of sp³-hybridized carbons (Fsp3) is 0.360. The number of nitrogens with zero attached hydrogens (tertiary/aromatic N) is 2. The summed E-state index contributed by atoms with van der Waals surface area (Å²) in [7, 11) is 0. The predicted octanol–water partition coefficient (Wildman–Crippen LogP) is 4.76. The second-order valence-electron chi connectivity index (χ2n) is 7.82. The Kier molecular flexibility index (Phi) is 9.11. The molecule has 0 aliphatic carbocycles. The molecule has 1 aromatic heterocycles. The minimum absolute atomic E-state index is 0. The van der Waals surface area contributed by atoms with Gasteiger partial charge in [0.25, 0.3) is 0 Å². The molecule has 0 bridgehead atoms. The highest BCUT2D eigenvalue weighted by Gasteiger charge is 2.34. The van der Waals surface area contributed by atoms with Crippen molar-refractivity contribution >= 4 is 29.9 Å². The first kappa shape index (κ1) is 24.3. The van der Waals surface area contributed by atoms with Crippen LogP contribution < -0.4 is 10.6 Å². The van der Waals surface area contributed by atoms with Crippen LogP contribution in [0.1, 0.15) is 31.0 Å². The van der Waals surface area contributed by atoms with Crippen molar-refractivity contribution in [1.82, 2.24) is 15.6 Å². The molecule has 1 aliphatic rings. The average molecular weight is 546 g/mol. The van der Waals surface area contributed by atoms with Gasteiger partial charge in [-0.15, -0.1) is 24.0 Å². The summed E-state index contributed by atoms with van der Waals surface area (Å²) >= 11 is 0. The highest BCUT2D eigenvalue weighted by Crippen LogP contribution is 2.34. The average Bonchev–Trinajstić information content (AvgIpc) is 3.32. The molecule has 170 valence electrons. The molecule has 2 heterocycles. The first-order valence-corrected chi connectivity index (χ1v) is 10.9. The van der Waals surface area contributed by atoms with Gasteiger partial charge < -0.3 is 19.8 Å². The number of ether oxygens (including phenoxy) is 1. The highest BCUT2D eigenvalue weighted by molar-refractivity contribution is 14.0. The summed E-state index contributed by atoms with van der Waals surface area (Å²) in [6, 6.07) is 20.6. The molecular weight excluding hydrogens is 515 g/mol. The quantitative estimate of drug-likeness (QED) is 0.254. The lowest BCUT2D eigenvalue weighted by Gasteiger charge is -2.38. The van der Waals surface area contributed by atoms with Gasteiger partial charge in [-0.3, -0.25) is 0 Å². The maximum absolute atomic E-state index is 5.65. The van der Waals surface area contributed by atoms with E-state index in [2.05, 4.69) is 52.9 Å². The van der Waals surface area contributed by atoms with Crippen LogP contribution in [-0.2, 0) is 16.7 Å². The largest absolute Gasteiger partial charge is 0.444 e. The molecule has 0 radical (unpaired) electrons. The summed E-state index contributed by atoms with van der Waals surface area (Å²) < 4.78 is 11.3. The van der Waals surface area contributed by atoms with Crippen LogP contribution in [0.3, 0.4) is 0 Å². The summed E-state index contributed by atoms with van der Waals surface area (Å²) in [4.78, 5) is 9.32. The van der Waals surface area contributed by atoms with Crippen molar-refractivity contribution in [3.63, 3.8) is 0 Å². The number of rotatable bonds is 7. The van der Waals surface area contributed by atoms with Gasteiger partial charge in [-0.2, -0.15) is 0 Å². The predicted molar refractivity (Wildman–Crippen MR) is 138 cm³/mol. The van der Waals surface area contributed by atoms with E-state index in [1.807, 2.05) is 30.3 Å². The lowest BCUT2D eigenvalue weighted by molar-refractivity contribution is 0.0514. The van der Waals surface area contributed by atoms with Gasteiger partial charge in [0.15, 0.2) is 5.96 Å². The maximum atomic E-state index is 5.65. The number of aliphatic imine (C=N–C) groups is 1. The molecule has 0 atom stereocenters. The van der Waals surface area contributed by atoms with Gasteiger partial charge in [0.2, 0.25) is 5.89 Å². The molecule has 4 rings (SSSR count). The van der Waals surface area contributed by atoms with E-state index in [4.69, 9.17) is 14.1 Å². The SMILES string of the molecule is CCNC(=NCc1coc(-c2ccccc2)n1)NCC1(c2ccccc2)CCOCC1.I. The Balaban J connectivity index is 0.00000289. The van der Waals surface area contributed by atoms with Gasteiger partial charge in [-0.05, 0) is 37.5 Å². The summed E-state index contributed by atoms with van der Waals surface area (Å²) in [5, 5.41) is 6.91. The maximum Gasteiger partial charge on any atom is 0.226 e. The third-order valence-corrected chi connectivity index (χ3v) is 5.75. The second kappa shape index (κ2) is 12.0. The Morgan fingerprint density at radius 2 is 1.69 bits per heavy atom. The number of hydrogen-bond acceptors (Lipinski definition) is 4. The van der Waals surface area contributed by atoms with Crippen molar-refractivity contribution in [2.45, 2.75) is 31.7 Å². The summed E-state index contributed by atoms with van der Waals surface area (Å²) in [6.07, 6.45) is 3.67. The molecular formula is C25H31IN4O2. The second-order valence-corrected chi connectivity index (χ2v) is 7.82. The summed E-state index contributed by atoms with van der Waals surface area (Å²) in [5.74, 6) is 1.41. The summed E-state index contributed by atoms with van der Waals surface area (Å²) in [6.45, 7) is 5.69. The molecule has 0 saturated carbocycles. The van der Waals surface area contributed by atoms with E-state index in [1.165, 1.54) is 5.56 Å². The molecule has 7 heteroatoms. The topological polar surface area (TPSA) is 71.7 Å². The third-order valence-electron chi connectivity index (χ3n) is 5.75. The normalized spacial score (nSPS) is 15.6. The monoisotopic (exact) mass is 546 g/mol. The smallest absolute Gasteiger partial charge is 0.226 e. The first-order chi connectivity index (χ1) is 15.3. The van der Waals surface area contributed by atoms with Gasteiger partial charge >= 0.3 is 0 Å². The van der Waals surface area contributed by atoms with Crippen LogP contribution in [0.2, 0.25) is 0 Å². The van der Waals surface area contributed by atoms with Gasteiger partial charge in [0.1, 0.15) is 12.0 Å². The van der Waals surface area contributed by atoms with E-state index < -0.39 is 0 Å². The van der Waals surface area contributed by atoms with Crippen LogP contribution in [-0.4, -0.2) is 37.2 Å². The summed E-state index contributed by atoms with van der Waals surface area (Å²) in [5.41, 5.74) is 3.17. The molecule has 1 aliphatic heterocycles. The zero-order valence-electron chi connectivity index (χ0n) is 18.4. The Labute approximate surface area is 206 Å². The lowest BCUT2D eigenvalue weighted by atomic mass is 9.74. The Hall–Kier alpha value is -2.39. The van der Waals surface area contributed by atoms with E-state index in [1.54, 1.807) is 6.26 Å². The van der Waals surface area contributed by atoms with Crippen molar-refractivity contribution in [3.05, 3.63) is 78.2 Å². The highest BCUT2D eigenvalue weighted by atomic mass is 127. The standard InChI is InChI=1S/C25H30N4O2.HI/c1-2-26-24(27-17-22-18-31-23(29-22)20-9-5-3-6-10-20)28-19-25(13-15-30-16-14-25)21-11-7-4-8-12-21;/h3-12,18H,2,13-17,19H2,1H3,(H2,26,27,28);1H. The molecule has 32 heavy (non-hydrogen) atoms. The van der Waals surface area contributed by atoms with E-state index in [9.17, 15) is 0 Å². The van der Waals surface area contributed by atoms with Crippen LogP contribution in [0.15, 0.2) is 76.3 Å². The zero-order valence-corrected chi connectivity index (χ0v) is 20.8. The molecule has 0 unspecified atom stereocenters. The molecule has 0 spiro atoms. The van der Waals surface area contributed by atoms with Crippen molar-refractivity contribution < 1.29 is 9.15 Å². The van der Waals surface area contributed by atoms with Crippen LogP contribution >= 0.6 is 24.0 Å². The first-order valence-electron chi connectivity index (χ1n) is 10.9. The van der Waals surface area contributed by atoms with E-state index in [-0.39, 0.29) is 29.4 Å². The number of aromatic nitrogens is 1. The lowest BCUT2D eigenvalue weighted by Crippen LogP contribution is -2.48. The number of oxazole rings is 1. The van der Waals surface area contributed by atoms with E-state index in [0.717, 1.165) is 56.4 Å². The fourth-order valence-corrected chi connectivity index (χ4v) is 3.97. The van der Waals surface area contributed by atoms with Crippen molar-refractivity contribution in [2.75, 3.05) is 26.3 Å². The fourth-order valence-electron chi connectivity index (χ4n) is 3.97. The number of nitrogens with one attached hydrogen (secondary N) is 2. The molecule has 1 fully saturated rings. The molecule has 2 aromatic carbocycles. The molecule has 2 N–H and O–H groups in total. The van der Waals surface area contributed by atoms with Crippen LogP contribution in [0.4, 0.5) is 0 Å². The van der Waals surface area contributed by atoms with E-state index in [0.29, 0.717) is 12.4 Å². The zero-order chi connectivity index (χ0) is 21.4. The van der Waals surface area contributed by atoms with Gasteiger partial charge in [-0.1, -0.05) is 48.5 Å². The van der Waals surface area contributed by atoms with Gasteiger partial charge in [0.05, 0.1) is 6.54 Å². The molecule has 3 aromatic rings. The number of hydrogen-bond donors (Lipinski definition) is 2. The van der Waals surface area contributed by atoms with Gasteiger partial charge in [0, 0.05) is 37.3 Å². The molecule has 1 saturated heterocycles. The minimum atomic E-state index is 0. The molecule has 0 amide bonds. The van der Waals surface area contributed by atoms with E-state index >= 15 is 0 Å². The number of guanidine groups is 1. The Bertz CT molecular complexity index is 970. The Morgan fingerprint density at radius 3 is 2.38 bits per heavy atom. The third kappa shape index (κ3) is 6.10.